The Hall–Kier alpha value is -2.71. The minimum atomic E-state index is -0.0296. The first-order valence-corrected chi connectivity index (χ1v) is 12.0. The van der Waals surface area contributed by atoms with E-state index in [1.165, 1.54) is 0 Å². The van der Waals surface area contributed by atoms with Crippen molar-refractivity contribution in [3.8, 4) is 0 Å². The Morgan fingerprint density at radius 1 is 1.03 bits per heavy atom. The number of carbonyl (C=O) groups excluding carboxylic acids is 1. The monoisotopic (exact) mass is 437 g/mol. The Kier molecular flexibility index (Phi) is 5.50. The normalized spacial score (nSPS) is 18.3. The average Bonchev–Trinajstić information content (AvgIpc) is 3.09. The lowest BCUT2D eigenvalue weighted by atomic mass is 9.99. The molecule has 7 nitrogen and oxygen atoms in total. The summed E-state index contributed by atoms with van der Waals surface area (Å²) in [5.74, 6) is 0. The number of H-pyrrole nitrogens is 1. The second-order valence-electron chi connectivity index (χ2n) is 8.27. The third kappa shape index (κ3) is 3.85. The van der Waals surface area contributed by atoms with E-state index < -0.39 is 0 Å². The van der Waals surface area contributed by atoms with Crippen LogP contribution in [0, 0.1) is 0 Å². The number of thioether (sulfide) groups is 1. The molecule has 2 fully saturated rings. The predicted octanol–water partition coefficient (Wildman–Crippen LogP) is 3.60. The van der Waals surface area contributed by atoms with Gasteiger partial charge in [0.1, 0.15) is 0 Å². The average molecular weight is 438 g/mol. The zero-order valence-corrected chi connectivity index (χ0v) is 18.4. The Morgan fingerprint density at radius 3 is 2.52 bits per heavy atom. The van der Waals surface area contributed by atoms with E-state index >= 15 is 0 Å². The van der Waals surface area contributed by atoms with Gasteiger partial charge in [-0.2, -0.15) is 0 Å². The number of piperidine rings is 1. The molecule has 1 aromatic heterocycles. The van der Waals surface area contributed by atoms with Crippen molar-refractivity contribution in [3.63, 3.8) is 0 Å². The highest BCUT2D eigenvalue weighted by atomic mass is 32.2. The van der Waals surface area contributed by atoms with Crippen LogP contribution < -0.4 is 11.0 Å². The number of para-hydroxylation sites is 3. The van der Waals surface area contributed by atoms with Crippen LogP contribution in [-0.4, -0.2) is 63.9 Å². The highest BCUT2D eigenvalue weighted by Crippen LogP contribution is 2.29. The van der Waals surface area contributed by atoms with Gasteiger partial charge in [-0.1, -0.05) is 24.3 Å². The van der Waals surface area contributed by atoms with Crippen LogP contribution in [0.15, 0.2) is 58.2 Å². The van der Waals surface area contributed by atoms with Crippen molar-refractivity contribution in [3.05, 3.63) is 59.0 Å². The number of hydrogen-bond donors (Lipinski definition) is 2. The van der Waals surface area contributed by atoms with Gasteiger partial charge in [0, 0.05) is 43.2 Å². The summed E-state index contributed by atoms with van der Waals surface area (Å²) in [7, 11) is 0. The van der Waals surface area contributed by atoms with E-state index in [0.717, 1.165) is 60.6 Å². The Morgan fingerprint density at radius 2 is 1.74 bits per heavy atom. The van der Waals surface area contributed by atoms with Crippen LogP contribution in [0.1, 0.15) is 18.9 Å². The fourth-order valence-corrected chi connectivity index (χ4v) is 5.29. The van der Waals surface area contributed by atoms with Gasteiger partial charge in [-0.05, 0) is 43.4 Å². The molecule has 2 aromatic carbocycles. The standard InChI is InChI=1S/C23H27N5O2S/c1-31-21-9-5-3-7-19(21)25-22(29)27-14-17(15-27)26-12-10-16(11-13-26)28-20-8-4-2-6-18(20)24-23(28)30/h2-9,16-17H,10-15H2,1H3,(H,24,30)(H,25,29). The number of nitrogens with one attached hydrogen (secondary N) is 2. The predicted molar refractivity (Wildman–Crippen MR) is 125 cm³/mol. The molecule has 31 heavy (non-hydrogen) atoms. The second-order valence-corrected chi connectivity index (χ2v) is 9.12. The molecule has 0 saturated carbocycles. The number of aromatic amines is 1. The van der Waals surface area contributed by atoms with Crippen molar-refractivity contribution in [2.45, 2.75) is 29.8 Å². The van der Waals surface area contributed by atoms with E-state index in [9.17, 15) is 9.59 Å². The van der Waals surface area contributed by atoms with Crippen molar-refractivity contribution in [1.29, 1.82) is 0 Å². The van der Waals surface area contributed by atoms with Crippen LogP contribution in [-0.2, 0) is 0 Å². The summed E-state index contributed by atoms with van der Waals surface area (Å²) < 4.78 is 1.93. The molecule has 2 aliphatic heterocycles. The van der Waals surface area contributed by atoms with Crippen molar-refractivity contribution < 1.29 is 4.79 Å². The van der Waals surface area contributed by atoms with Crippen LogP contribution in [0.25, 0.3) is 11.0 Å². The van der Waals surface area contributed by atoms with E-state index in [1.54, 1.807) is 11.8 Å². The van der Waals surface area contributed by atoms with Gasteiger partial charge in [-0.25, -0.2) is 9.59 Å². The van der Waals surface area contributed by atoms with E-state index in [2.05, 4.69) is 15.2 Å². The summed E-state index contributed by atoms with van der Waals surface area (Å²) in [6, 6.07) is 16.4. The Balaban J connectivity index is 1.15. The molecule has 0 atom stereocenters. The number of amides is 2. The minimum Gasteiger partial charge on any atom is -0.321 e. The third-order valence-corrected chi connectivity index (χ3v) is 7.30. The maximum atomic E-state index is 12.6. The SMILES string of the molecule is CSc1ccccc1NC(=O)N1CC(N2CCC(n3c(=O)[nH]c4ccccc43)CC2)C1. The summed E-state index contributed by atoms with van der Waals surface area (Å²) in [4.78, 5) is 33.5. The van der Waals surface area contributed by atoms with Crippen LogP contribution in [0.5, 0.6) is 0 Å². The molecule has 3 heterocycles. The van der Waals surface area contributed by atoms with E-state index in [4.69, 9.17) is 0 Å². The van der Waals surface area contributed by atoms with Crippen molar-refractivity contribution in [2.24, 2.45) is 0 Å². The number of benzene rings is 2. The molecule has 2 amide bonds. The lowest BCUT2D eigenvalue weighted by Gasteiger charge is -2.47. The Bertz CT molecular complexity index is 1140. The topological polar surface area (TPSA) is 73.4 Å². The first-order chi connectivity index (χ1) is 15.1. The van der Waals surface area contributed by atoms with Gasteiger partial charge in [0.05, 0.1) is 16.7 Å². The van der Waals surface area contributed by atoms with Gasteiger partial charge in [0.15, 0.2) is 0 Å². The van der Waals surface area contributed by atoms with Crippen LogP contribution in [0.2, 0.25) is 0 Å². The third-order valence-electron chi connectivity index (χ3n) is 6.50. The van der Waals surface area contributed by atoms with Gasteiger partial charge in [-0.15, -0.1) is 11.8 Å². The van der Waals surface area contributed by atoms with Crippen LogP contribution in [0.4, 0.5) is 10.5 Å². The number of carbonyl (C=O) groups is 1. The smallest absolute Gasteiger partial charge is 0.321 e. The Labute approximate surface area is 185 Å². The highest BCUT2D eigenvalue weighted by Gasteiger charge is 2.37. The van der Waals surface area contributed by atoms with E-state index in [0.29, 0.717) is 6.04 Å². The van der Waals surface area contributed by atoms with Gasteiger partial charge in [0.2, 0.25) is 0 Å². The number of urea groups is 1. The molecule has 0 radical (unpaired) electrons. The fraction of sp³-hybridized carbons (Fsp3) is 0.391. The van der Waals surface area contributed by atoms with Gasteiger partial charge in [-0.3, -0.25) is 9.47 Å². The van der Waals surface area contributed by atoms with Crippen LogP contribution in [0.3, 0.4) is 0 Å². The molecule has 0 spiro atoms. The number of rotatable bonds is 4. The zero-order valence-electron chi connectivity index (χ0n) is 17.6. The molecule has 5 rings (SSSR count). The lowest BCUT2D eigenvalue weighted by Crippen LogP contribution is -2.63. The molecule has 162 valence electrons. The second kappa shape index (κ2) is 8.43. The first-order valence-electron chi connectivity index (χ1n) is 10.8. The van der Waals surface area contributed by atoms with Gasteiger partial charge >= 0.3 is 11.7 Å². The largest absolute Gasteiger partial charge is 0.326 e. The van der Waals surface area contributed by atoms with Gasteiger partial charge < -0.3 is 15.2 Å². The fourth-order valence-electron chi connectivity index (χ4n) is 4.74. The molecule has 2 N–H and O–H groups in total. The molecule has 2 aliphatic rings. The maximum Gasteiger partial charge on any atom is 0.326 e. The summed E-state index contributed by atoms with van der Waals surface area (Å²) in [5.41, 5.74) is 2.74. The zero-order chi connectivity index (χ0) is 21.4. The molecule has 0 aliphatic carbocycles. The number of nitrogens with zero attached hydrogens (tertiary/aromatic N) is 3. The summed E-state index contributed by atoms with van der Waals surface area (Å²) >= 11 is 1.63. The van der Waals surface area contributed by atoms with Crippen molar-refractivity contribution >= 4 is 34.5 Å². The molecule has 0 bridgehead atoms. The highest BCUT2D eigenvalue weighted by molar-refractivity contribution is 7.98. The number of anilines is 1. The summed E-state index contributed by atoms with van der Waals surface area (Å²) in [6.45, 7) is 3.41. The van der Waals surface area contributed by atoms with Crippen molar-refractivity contribution in [2.75, 3.05) is 37.8 Å². The van der Waals surface area contributed by atoms with E-state index in [-0.39, 0.29) is 17.8 Å². The van der Waals surface area contributed by atoms with Gasteiger partial charge in [0.25, 0.3) is 0 Å². The first kappa shape index (κ1) is 20.2. The molecule has 8 heteroatoms. The molecule has 2 saturated heterocycles. The molecule has 3 aromatic rings. The molecular formula is C23H27N5O2S. The van der Waals surface area contributed by atoms with Crippen molar-refractivity contribution in [1.82, 2.24) is 19.4 Å². The number of likely N-dealkylation sites (tertiary alicyclic amines) is 2. The number of fused-ring (bicyclic) bond motifs is 1. The van der Waals surface area contributed by atoms with Crippen LogP contribution >= 0.6 is 11.8 Å². The number of hydrogen-bond acceptors (Lipinski definition) is 4. The summed E-state index contributed by atoms with van der Waals surface area (Å²) in [6.07, 6.45) is 3.91. The lowest BCUT2D eigenvalue weighted by molar-refractivity contribution is 0.0397. The minimum absolute atomic E-state index is 0.0170. The number of aromatic nitrogens is 2. The maximum absolute atomic E-state index is 12.6. The summed E-state index contributed by atoms with van der Waals surface area (Å²) in [5, 5.41) is 3.04. The van der Waals surface area contributed by atoms with E-state index in [1.807, 2.05) is 64.3 Å². The number of imidazole rings is 1. The quantitative estimate of drug-likeness (QED) is 0.612. The molecular weight excluding hydrogens is 410 g/mol. The molecule has 0 unspecified atom stereocenters.